The number of hydrogen-bond acceptors (Lipinski definition) is 20. The highest BCUT2D eigenvalue weighted by Crippen LogP contribution is 2.42. The monoisotopic (exact) mass is 872 g/mol. The second-order valence-electron chi connectivity index (χ2n) is 12.6. The number of carboxylic acids is 1. The Morgan fingerprint density at radius 1 is 1.12 bits per heavy atom. The van der Waals surface area contributed by atoms with Crippen LogP contribution in [0.1, 0.15) is 18.2 Å². The third kappa shape index (κ3) is 8.20. The first-order valence-corrected chi connectivity index (χ1v) is 21.1. The number of phenols is 4. The molecule has 25 heteroatoms. The van der Waals surface area contributed by atoms with E-state index in [-0.39, 0.29) is 63.4 Å². The Kier molecular flexibility index (Phi) is 11.2. The van der Waals surface area contributed by atoms with Gasteiger partial charge in [-0.1, -0.05) is 11.2 Å². The number of carboxylic acid groups (broad SMARTS) is 1. The number of amides is 2. The van der Waals surface area contributed by atoms with Gasteiger partial charge >= 0.3 is 5.97 Å². The number of nitrogens with one attached hydrogen (secondary N) is 3. The van der Waals surface area contributed by atoms with E-state index in [0.717, 1.165) is 34.4 Å². The summed E-state index contributed by atoms with van der Waals surface area (Å²) in [6.07, 6.45) is 3.30. The molecule has 4 aliphatic heterocycles. The van der Waals surface area contributed by atoms with E-state index in [1.807, 2.05) is 0 Å². The summed E-state index contributed by atoms with van der Waals surface area (Å²) in [4.78, 5) is 54.5. The van der Waals surface area contributed by atoms with E-state index in [2.05, 4.69) is 30.7 Å². The van der Waals surface area contributed by atoms with Crippen LogP contribution in [0.15, 0.2) is 91.2 Å². The summed E-state index contributed by atoms with van der Waals surface area (Å²) in [5.41, 5.74) is 9.83. The molecule has 1 fully saturated rings. The van der Waals surface area contributed by atoms with Gasteiger partial charge in [-0.25, -0.2) is 28.2 Å². The molecule has 10 N–H and O–H groups in total. The molecule has 21 nitrogen and oxygen atoms in total. The van der Waals surface area contributed by atoms with Crippen LogP contribution in [0.4, 0.5) is 5.13 Å². The SMILES string of the molecule is CC1=NC2=CN(CNS(=O)(=O)c3ccc(O)c(O)c3)NN2C(SCC2=C(C(=O)O)N3C(=O)[C@@H](NC(=O)/C(=N\OCc4ccc(O)c(O)c4)c4csc(N)n4)[C@H]3SC2)=C1. The second kappa shape index (κ2) is 16.1. The molecule has 0 aliphatic carbocycles. The van der Waals surface area contributed by atoms with Crippen LogP contribution in [-0.4, -0.2) is 113 Å². The molecule has 0 radical (unpaired) electrons. The Labute approximate surface area is 340 Å². The molecule has 2 atom stereocenters. The number of nitrogens with two attached hydrogens (primary N) is 1. The predicted octanol–water partition coefficient (Wildman–Crippen LogP) is 1.03. The zero-order chi connectivity index (χ0) is 41.5. The minimum absolute atomic E-state index is 0.0707. The number of hydrazine groups is 2. The Morgan fingerprint density at radius 3 is 2.55 bits per heavy atom. The molecule has 0 saturated carbocycles. The van der Waals surface area contributed by atoms with E-state index in [1.165, 1.54) is 52.1 Å². The minimum Gasteiger partial charge on any atom is -0.504 e. The number of carbonyl (C=O) groups excluding carboxylic acids is 2. The van der Waals surface area contributed by atoms with E-state index in [9.17, 15) is 48.3 Å². The van der Waals surface area contributed by atoms with Crippen molar-refractivity contribution in [3.63, 3.8) is 0 Å². The van der Waals surface area contributed by atoms with E-state index in [4.69, 9.17) is 10.6 Å². The van der Waals surface area contributed by atoms with Gasteiger partial charge in [-0.3, -0.25) is 19.5 Å². The Balaban J connectivity index is 0.996. The molecule has 4 aliphatic rings. The fourth-order valence-electron chi connectivity index (χ4n) is 5.79. The maximum absolute atomic E-state index is 13.5. The van der Waals surface area contributed by atoms with Crippen molar-refractivity contribution in [1.29, 1.82) is 0 Å². The minimum atomic E-state index is -4.09. The van der Waals surface area contributed by atoms with E-state index in [1.54, 1.807) is 24.2 Å². The number of oxime groups is 1. The molecule has 0 spiro atoms. The van der Waals surface area contributed by atoms with Crippen molar-refractivity contribution in [1.82, 2.24) is 35.5 Å². The number of thioether (sulfide) groups is 2. The number of thiazole rings is 1. The number of phenolic OH excluding ortho intramolecular Hbond substituents is 4. The van der Waals surface area contributed by atoms with Crippen molar-refractivity contribution in [3.8, 4) is 23.0 Å². The van der Waals surface area contributed by atoms with E-state index < -0.39 is 50.7 Å². The molecule has 3 aromatic rings. The summed E-state index contributed by atoms with van der Waals surface area (Å²) in [7, 11) is -4.09. The van der Waals surface area contributed by atoms with Gasteiger partial charge in [-0.15, -0.1) is 40.4 Å². The maximum Gasteiger partial charge on any atom is 0.352 e. The van der Waals surface area contributed by atoms with Gasteiger partial charge in [0.15, 0.2) is 39.7 Å². The number of anilines is 1. The summed E-state index contributed by atoms with van der Waals surface area (Å²) in [6, 6.07) is 5.99. The quantitative estimate of drug-likeness (QED) is 0.0473. The van der Waals surface area contributed by atoms with Gasteiger partial charge < -0.3 is 41.4 Å². The molecule has 1 aromatic heterocycles. The number of benzene rings is 2. The smallest absolute Gasteiger partial charge is 0.352 e. The van der Waals surface area contributed by atoms with Crippen molar-refractivity contribution in [2.24, 2.45) is 10.1 Å². The third-order valence-corrected chi connectivity index (χ3v) is 13.1. The van der Waals surface area contributed by atoms with Crippen molar-refractivity contribution in [2.75, 3.05) is 23.9 Å². The van der Waals surface area contributed by atoms with Gasteiger partial charge in [0, 0.05) is 28.7 Å². The summed E-state index contributed by atoms with van der Waals surface area (Å²) in [6.45, 7) is 1.29. The lowest BCUT2D eigenvalue weighted by molar-refractivity contribution is -0.150. The first kappa shape index (κ1) is 40.2. The lowest BCUT2D eigenvalue weighted by Crippen LogP contribution is -2.71. The first-order valence-electron chi connectivity index (χ1n) is 16.7. The number of nitrogens with zero attached hydrogens (tertiary/aromatic N) is 6. The molecule has 2 amide bonds. The number of aliphatic carboxylic acids is 1. The van der Waals surface area contributed by atoms with Gasteiger partial charge in [-0.2, -0.15) is 4.72 Å². The summed E-state index contributed by atoms with van der Waals surface area (Å²) in [5, 5.41) is 59.9. The fraction of sp³-hybridized carbons (Fsp3) is 0.212. The molecule has 0 bridgehead atoms. The highest BCUT2D eigenvalue weighted by molar-refractivity contribution is 8.03. The van der Waals surface area contributed by atoms with Gasteiger partial charge in [0.25, 0.3) is 11.8 Å². The summed E-state index contributed by atoms with van der Waals surface area (Å²) < 4.78 is 28.0. The molecule has 304 valence electrons. The highest BCUT2D eigenvalue weighted by Gasteiger charge is 2.54. The van der Waals surface area contributed by atoms with Crippen molar-refractivity contribution in [3.05, 3.63) is 87.4 Å². The van der Waals surface area contributed by atoms with Crippen LogP contribution < -0.4 is 21.3 Å². The number of hydrogen-bond donors (Lipinski definition) is 9. The maximum atomic E-state index is 13.5. The Morgan fingerprint density at radius 2 is 1.86 bits per heavy atom. The zero-order valence-electron chi connectivity index (χ0n) is 29.8. The number of allylic oxidation sites excluding steroid dienone is 1. The zero-order valence-corrected chi connectivity index (χ0v) is 33.0. The number of fused-ring (bicyclic) bond motifs is 2. The highest BCUT2D eigenvalue weighted by atomic mass is 32.2. The molecule has 0 unspecified atom stereocenters. The number of aliphatic imine (C=N–C) groups is 1. The third-order valence-electron chi connectivity index (χ3n) is 8.59. The van der Waals surface area contributed by atoms with Crippen LogP contribution in [-0.2, 0) is 35.9 Å². The molecule has 58 heavy (non-hydrogen) atoms. The van der Waals surface area contributed by atoms with Crippen LogP contribution in [0.5, 0.6) is 23.0 Å². The summed E-state index contributed by atoms with van der Waals surface area (Å²) >= 11 is 3.56. The van der Waals surface area contributed by atoms with Crippen LogP contribution in [0.2, 0.25) is 0 Å². The van der Waals surface area contributed by atoms with E-state index >= 15 is 0 Å². The fourth-order valence-corrected chi connectivity index (χ4v) is 9.89. The van der Waals surface area contributed by atoms with Gasteiger partial charge in [0.05, 0.1) is 22.8 Å². The van der Waals surface area contributed by atoms with Gasteiger partial charge in [-0.05, 0) is 48.4 Å². The summed E-state index contributed by atoms with van der Waals surface area (Å²) in [5.74, 6) is -3.82. The topological polar surface area (TPSA) is 305 Å². The lowest BCUT2D eigenvalue weighted by atomic mass is 10.0. The molecule has 1 saturated heterocycles. The molecular formula is C33H32N10O11S4. The van der Waals surface area contributed by atoms with Crippen molar-refractivity contribution >= 4 is 79.2 Å². The lowest BCUT2D eigenvalue weighted by Gasteiger charge is -2.49. The Hall–Kier alpha value is -5.99. The number of rotatable bonds is 14. The number of sulfonamides is 1. The molecule has 7 rings (SSSR count). The number of nitrogen functional groups attached to an aromatic ring is 1. The number of aromatic hydroxyl groups is 4. The van der Waals surface area contributed by atoms with Crippen molar-refractivity contribution < 1.29 is 53.2 Å². The van der Waals surface area contributed by atoms with Gasteiger partial charge in [0.2, 0.25) is 10.0 Å². The van der Waals surface area contributed by atoms with Crippen molar-refractivity contribution in [2.45, 2.75) is 29.8 Å². The van der Waals surface area contributed by atoms with Gasteiger partial charge in [0.1, 0.15) is 29.4 Å². The normalized spacial score (nSPS) is 19.2. The largest absolute Gasteiger partial charge is 0.504 e. The predicted molar refractivity (Wildman–Crippen MR) is 211 cm³/mol. The second-order valence-corrected chi connectivity index (χ2v) is 17.4. The van der Waals surface area contributed by atoms with E-state index in [0.29, 0.717) is 27.7 Å². The standard InChI is InChI=1S/C33H32N10O11S4/c1-15-6-25(43-24(36-15)9-41(40-43)14-35-58(52,53)18-3-5-21(45)23(47)8-18)55-11-17-12-56-31-27(30(49)42(31)28(17)32(50)51)38-29(48)26(19-13-57-33(34)37-19)39-54-10-16-2-4-20(44)22(46)7-16/h2-9,13,27,31,35,40,44-47H,10-12,14H2,1H3,(H2,34,37)(H,38,48)(H,50,51)/b39-26-/t27-,31-/m1/s1. The van der Waals surface area contributed by atoms with Crippen LogP contribution in [0.3, 0.4) is 0 Å². The Bertz CT molecular complexity index is 2490. The number of β-lactam (4-membered cyclic amide) rings is 1. The number of carbonyl (C=O) groups is 3. The van der Waals surface area contributed by atoms with Crippen LogP contribution in [0.25, 0.3) is 0 Å². The van der Waals surface area contributed by atoms with Crippen LogP contribution >= 0.6 is 34.9 Å². The average molecular weight is 873 g/mol. The average Bonchev–Trinajstić information content (AvgIpc) is 3.81. The molecular weight excluding hydrogens is 841 g/mol. The first-order chi connectivity index (χ1) is 27.6. The molecule has 5 heterocycles. The molecule has 2 aromatic carbocycles. The number of aromatic nitrogens is 1. The van der Waals surface area contributed by atoms with Crippen LogP contribution in [0, 0.1) is 0 Å².